The third-order valence-corrected chi connectivity index (χ3v) is 6.17. The molecule has 4 nitrogen and oxygen atoms in total. The molecular weight excluding hydrogens is 338 g/mol. The van der Waals surface area contributed by atoms with E-state index in [0.717, 1.165) is 37.3 Å². The summed E-state index contributed by atoms with van der Waals surface area (Å²) in [6.07, 6.45) is 3.88. The number of hydrogen-bond donors (Lipinski definition) is 0. The van der Waals surface area contributed by atoms with E-state index in [-0.39, 0.29) is 11.9 Å². The van der Waals surface area contributed by atoms with Crippen molar-refractivity contribution in [2.24, 2.45) is 5.10 Å². The van der Waals surface area contributed by atoms with Crippen molar-refractivity contribution in [1.82, 2.24) is 9.91 Å². The predicted octanol–water partition coefficient (Wildman–Crippen LogP) is 3.97. The topological polar surface area (TPSA) is 35.9 Å². The summed E-state index contributed by atoms with van der Waals surface area (Å²) < 4.78 is 0. The van der Waals surface area contributed by atoms with E-state index in [4.69, 9.17) is 5.10 Å². The maximum atomic E-state index is 12.8. The fourth-order valence-corrected chi connectivity index (χ4v) is 4.81. The number of carbonyl (C=O) groups is 1. The molecule has 4 rings (SSSR count). The number of hydrogen-bond acceptors (Lipinski definition) is 5. The Morgan fingerprint density at radius 3 is 2.67 bits per heavy atom. The Kier molecular flexibility index (Phi) is 4.78. The highest BCUT2D eigenvalue weighted by Gasteiger charge is 2.33. The number of thiophene rings is 2. The molecule has 0 aromatic carbocycles. The number of likely N-dealkylation sites (tertiary alicyclic amines) is 1. The van der Waals surface area contributed by atoms with Gasteiger partial charge in [0.25, 0.3) is 0 Å². The molecule has 6 heteroatoms. The Labute approximate surface area is 150 Å². The van der Waals surface area contributed by atoms with Gasteiger partial charge < -0.3 is 4.90 Å². The lowest BCUT2D eigenvalue weighted by molar-refractivity contribution is -0.133. The SMILES string of the molecule is O=C(CCN1CCCC1)N1N=C(c2ccsc2)C[C@H]1c1ccsc1. The van der Waals surface area contributed by atoms with E-state index in [9.17, 15) is 4.79 Å². The standard InChI is InChI=1S/C18H21N3OS2/c22-18(3-8-20-6-1-2-7-20)21-17(15-5-10-24-13-15)11-16(19-21)14-4-9-23-12-14/h4-5,9-10,12-13,17H,1-3,6-8,11H2/t17-/m0/s1. The number of rotatable bonds is 5. The van der Waals surface area contributed by atoms with Gasteiger partial charge in [0.2, 0.25) is 5.91 Å². The zero-order valence-corrected chi connectivity index (χ0v) is 15.2. The first-order valence-electron chi connectivity index (χ1n) is 8.48. The normalized spacial score (nSPS) is 21.4. The van der Waals surface area contributed by atoms with Crippen LogP contribution in [-0.2, 0) is 4.79 Å². The molecule has 0 spiro atoms. The molecule has 0 unspecified atom stereocenters. The van der Waals surface area contributed by atoms with E-state index in [1.807, 2.05) is 0 Å². The Morgan fingerprint density at radius 2 is 1.96 bits per heavy atom. The first-order chi connectivity index (χ1) is 11.8. The second-order valence-corrected chi connectivity index (χ2v) is 7.93. The molecule has 1 fully saturated rings. The van der Waals surface area contributed by atoms with Gasteiger partial charge in [-0.3, -0.25) is 4.79 Å². The summed E-state index contributed by atoms with van der Waals surface area (Å²) in [6, 6.07) is 4.26. The van der Waals surface area contributed by atoms with Gasteiger partial charge >= 0.3 is 0 Å². The molecule has 1 atom stereocenters. The van der Waals surface area contributed by atoms with E-state index in [1.54, 1.807) is 27.7 Å². The molecule has 0 N–H and O–H groups in total. The Morgan fingerprint density at radius 1 is 1.17 bits per heavy atom. The molecule has 4 heterocycles. The van der Waals surface area contributed by atoms with Crippen LogP contribution in [-0.4, -0.2) is 41.2 Å². The van der Waals surface area contributed by atoms with Gasteiger partial charge in [-0.1, -0.05) is 0 Å². The number of amides is 1. The third-order valence-electron chi connectivity index (χ3n) is 4.79. The summed E-state index contributed by atoms with van der Waals surface area (Å²) in [5.41, 5.74) is 3.38. The van der Waals surface area contributed by atoms with Crippen LogP contribution < -0.4 is 0 Å². The third kappa shape index (κ3) is 3.31. The van der Waals surface area contributed by atoms with Crippen LogP contribution in [0.1, 0.15) is 42.9 Å². The molecule has 2 aromatic heterocycles. The number of carbonyl (C=O) groups excluding carboxylic acids is 1. The lowest BCUT2D eigenvalue weighted by Gasteiger charge is -2.22. The summed E-state index contributed by atoms with van der Waals surface area (Å²) in [5, 5.41) is 14.8. The van der Waals surface area contributed by atoms with Crippen molar-refractivity contribution in [2.45, 2.75) is 31.7 Å². The van der Waals surface area contributed by atoms with Crippen LogP contribution in [0.25, 0.3) is 0 Å². The summed E-state index contributed by atoms with van der Waals surface area (Å²) in [7, 11) is 0. The van der Waals surface area contributed by atoms with Crippen molar-refractivity contribution in [3.05, 3.63) is 44.8 Å². The molecule has 126 valence electrons. The van der Waals surface area contributed by atoms with Gasteiger partial charge in [0.15, 0.2) is 0 Å². The molecule has 2 aliphatic heterocycles. The van der Waals surface area contributed by atoms with E-state index < -0.39 is 0 Å². The molecule has 0 radical (unpaired) electrons. The Balaban J connectivity index is 1.50. The summed E-state index contributed by atoms with van der Waals surface area (Å²) in [4.78, 5) is 15.2. The molecule has 1 amide bonds. The van der Waals surface area contributed by atoms with Crippen LogP contribution >= 0.6 is 22.7 Å². The van der Waals surface area contributed by atoms with Crippen LogP contribution in [0.5, 0.6) is 0 Å². The lowest BCUT2D eigenvalue weighted by Crippen LogP contribution is -2.31. The lowest BCUT2D eigenvalue weighted by atomic mass is 10.0. The molecule has 2 aromatic rings. The maximum absolute atomic E-state index is 12.8. The van der Waals surface area contributed by atoms with Crippen LogP contribution in [0.3, 0.4) is 0 Å². The molecule has 1 saturated heterocycles. The van der Waals surface area contributed by atoms with E-state index in [0.29, 0.717) is 6.42 Å². The number of hydrazone groups is 1. The zero-order valence-electron chi connectivity index (χ0n) is 13.6. The molecule has 0 saturated carbocycles. The molecule has 2 aliphatic rings. The first kappa shape index (κ1) is 16.0. The average Bonchev–Trinajstić information content (AvgIpc) is 3.40. The van der Waals surface area contributed by atoms with Gasteiger partial charge in [-0.25, -0.2) is 5.01 Å². The fraction of sp³-hybridized carbons (Fsp3) is 0.444. The largest absolute Gasteiger partial charge is 0.303 e. The van der Waals surface area contributed by atoms with Gasteiger partial charge in [0.1, 0.15) is 0 Å². The average molecular weight is 360 g/mol. The first-order valence-corrected chi connectivity index (χ1v) is 10.4. The summed E-state index contributed by atoms with van der Waals surface area (Å²) in [5.74, 6) is 0.142. The van der Waals surface area contributed by atoms with Crippen molar-refractivity contribution < 1.29 is 4.79 Å². The second-order valence-electron chi connectivity index (χ2n) is 6.37. The number of nitrogens with zero attached hydrogens (tertiary/aromatic N) is 3. The predicted molar refractivity (Wildman–Crippen MR) is 99.7 cm³/mol. The Bertz CT molecular complexity index is 703. The summed E-state index contributed by atoms with van der Waals surface area (Å²) >= 11 is 3.35. The highest BCUT2D eigenvalue weighted by atomic mass is 32.1. The molecule has 24 heavy (non-hydrogen) atoms. The minimum atomic E-state index is 0.0530. The van der Waals surface area contributed by atoms with E-state index in [1.165, 1.54) is 18.4 Å². The minimum absolute atomic E-state index is 0.0530. The molecule has 0 bridgehead atoms. The van der Waals surface area contributed by atoms with Crippen molar-refractivity contribution in [1.29, 1.82) is 0 Å². The van der Waals surface area contributed by atoms with Gasteiger partial charge in [-0.2, -0.15) is 27.8 Å². The van der Waals surface area contributed by atoms with E-state index in [2.05, 4.69) is 38.6 Å². The van der Waals surface area contributed by atoms with Crippen molar-refractivity contribution in [3.63, 3.8) is 0 Å². The minimum Gasteiger partial charge on any atom is -0.303 e. The highest BCUT2D eigenvalue weighted by Crippen LogP contribution is 2.34. The van der Waals surface area contributed by atoms with Gasteiger partial charge in [0, 0.05) is 24.9 Å². The van der Waals surface area contributed by atoms with Gasteiger partial charge in [-0.05, 0) is 65.1 Å². The van der Waals surface area contributed by atoms with Gasteiger partial charge in [0.05, 0.1) is 11.8 Å². The van der Waals surface area contributed by atoms with Crippen molar-refractivity contribution >= 4 is 34.3 Å². The van der Waals surface area contributed by atoms with Crippen LogP contribution in [0.2, 0.25) is 0 Å². The smallest absolute Gasteiger partial charge is 0.244 e. The van der Waals surface area contributed by atoms with Crippen LogP contribution in [0.15, 0.2) is 38.8 Å². The van der Waals surface area contributed by atoms with Crippen molar-refractivity contribution in [3.8, 4) is 0 Å². The summed E-state index contributed by atoms with van der Waals surface area (Å²) in [6.45, 7) is 3.12. The van der Waals surface area contributed by atoms with Gasteiger partial charge in [-0.15, -0.1) is 0 Å². The maximum Gasteiger partial charge on any atom is 0.244 e. The molecule has 0 aliphatic carbocycles. The Hall–Kier alpha value is -1.50. The van der Waals surface area contributed by atoms with Crippen LogP contribution in [0.4, 0.5) is 0 Å². The monoisotopic (exact) mass is 359 g/mol. The molecular formula is C18H21N3OS2. The fourth-order valence-electron chi connectivity index (χ4n) is 3.44. The quantitative estimate of drug-likeness (QED) is 0.810. The zero-order chi connectivity index (χ0) is 16.4. The van der Waals surface area contributed by atoms with Crippen LogP contribution in [0, 0.1) is 0 Å². The second kappa shape index (κ2) is 7.17. The van der Waals surface area contributed by atoms with Crippen molar-refractivity contribution in [2.75, 3.05) is 19.6 Å². The van der Waals surface area contributed by atoms with E-state index >= 15 is 0 Å². The highest BCUT2D eigenvalue weighted by molar-refractivity contribution is 7.08.